The molecule has 2 nitrogen and oxygen atoms in total. The van der Waals surface area contributed by atoms with Crippen molar-refractivity contribution >= 4 is 27.7 Å². The van der Waals surface area contributed by atoms with Crippen LogP contribution in [-0.4, -0.2) is 25.0 Å². The summed E-state index contributed by atoms with van der Waals surface area (Å²) in [5.41, 5.74) is 1.40. The molecule has 0 saturated carbocycles. The second-order valence-electron chi connectivity index (χ2n) is 5.71. The number of halogens is 1. The molecular weight excluding hydrogens is 334 g/mol. The van der Waals surface area contributed by atoms with Crippen molar-refractivity contribution in [1.82, 2.24) is 5.32 Å². The van der Waals surface area contributed by atoms with Gasteiger partial charge in [-0.25, -0.2) is 0 Å². The average Bonchev–Trinajstić information content (AvgIpc) is 2.42. The maximum atomic E-state index is 5.44. The SMILES string of the molecule is CC(C)CNCc1cc(Br)ccc1SC1CCOCC1. The quantitative estimate of drug-likeness (QED) is 0.811. The molecule has 112 valence electrons. The second kappa shape index (κ2) is 8.42. The predicted octanol–water partition coefficient (Wildman–Crippen LogP) is 4.47. The number of hydrogen-bond donors (Lipinski definition) is 1. The van der Waals surface area contributed by atoms with E-state index in [1.165, 1.54) is 23.3 Å². The first-order chi connectivity index (χ1) is 9.65. The fourth-order valence-corrected chi connectivity index (χ4v) is 3.89. The lowest BCUT2D eigenvalue weighted by molar-refractivity contribution is 0.1000. The van der Waals surface area contributed by atoms with E-state index < -0.39 is 0 Å². The van der Waals surface area contributed by atoms with Crippen LogP contribution in [0.5, 0.6) is 0 Å². The van der Waals surface area contributed by atoms with Gasteiger partial charge in [0.1, 0.15) is 0 Å². The van der Waals surface area contributed by atoms with Gasteiger partial charge in [-0.3, -0.25) is 0 Å². The zero-order valence-electron chi connectivity index (χ0n) is 12.3. The third-order valence-corrected chi connectivity index (χ3v) is 5.30. The summed E-state index contributed by atoms with van der Waals surface area (Å²) in [6.45, 7) is 8.32. The van der Waals surface area contributed by atoms with Crippen molar-refractivity contribution < 1.29 is 4.74 Å². The average molecular weight is 358 g/mol. The summed E-state index contributed by atoms with van der Waals surface area (Å²) >= 11 is 5.60. The Kier molecular flexibility index (Phi) is 6.88. The third-order valence-electron chi connectivity index (χ3n) is 3.35. The van der Waals surface area contributed by atoms with E-state index in [1.807, 2.05) is 11.8 Å². The first kappa shape index (κ1) is 16.3. The topological polar surface area (TPSA) is 21.3 Å². The minimum Gasteiger partial charge on any atom is -0.381 e. The van der Waals surface area contributed by atoms with Gasteiger partial charge in [-0.2, -0.15) is 0 Å². The van der Waals surface area contributed by atoms with Crippen LogP contribution in [0.3, 0.4) is 0 Å². The summed E-state index contributed by atoms with van der Waals surface area (Å²) in [4.78, 5) is 1.41. The van der Waals surface area contributed by atoms with Crippen molar-refractivity contribution in [2.75, 3.05) is 19.8 Å². The molecule has 1 N–H and O–H groups in total. The van der Waals surface area contributed by atoms with Gasteiger partial charge in [0.05, 0.1) is 0 Å². The van der Waals surface area contributed by atoms with Crippen LogP contribution in [0, 0.1) is 5.92 Å². The van der Waals surface area contributed by atoms with Crippen LogP contribution in [0.15, 0.2) is 27.6 Å². The normalized spacial score (nSPS) is 16.8. The van der Waals surface area contributed by atoms with E-state index in [0.29, 0.717) is 11.2 Å². The summed E-state index contributed by atoms with van der Waals surface area (Å²) < 4.78 is 6.61. The molecule has 1 aliphatic rings. The van der Waals surface area contributed by atoms with E-state index in [1.54, 1.807) is 0 Å². The highest BCUT2D eigenvalue weighted by Gasteiger charge is 2.16. The number of benzene rings is 1. The maximum Gasteiger partial charge on any atom is 0.0476 e. The summed E-state index contributed by atoms with van der Waals surface area (Å²) in [6.07, 6.45) is 2.33. The van der Waals surface area contributed by atoms with E-state index in [0.717, 1.165) is 30.8 Å². The molecule has 0 aromatic heterocycles. The molecule has 0 bridgehead atoms. The minimum absolute atomic E-state index is 0.689. The molecular formula is C16H24BrNOS. The Bertz CT molecular complexity index is 419. The highest BCUT2D eigenvalue weighted by molar-refractivity contribution is 9.10. The summed E-state index contributed by atoms with van der Waals surface area (Å²) in [6, 6.07) is 6.64. The molecule has 1 aromatic carbocycles. The van der Waals surface area contributed by atoms with Crippen LogP contribution in [0.4, 0.5) is 0 Å². The highest BCUT2D eigenvalue weighted by Crippen LogP contribution is 2.33. The van der Waals surface area contributed by atoms with E-state index in [9.17, 15) is 0 Å². The maximum absolute atomic E-state index is 5.44. The van der Waals surface area contributed by atoms with E-state index in [2.05, 4.69) is 53.3 Å². The minimum atomic E-state index is 0.689. The molecule has 1 fully saturated rings. The molecule has 1 saturated heterocycles. The van der Waals surface area contributed by atoms with E-state index in [-0.39, 0.29) is 0 Å². The lowest BCUT2D eigenvalue weighted by Crippen LogP contribution is -2.20. The Balaban J connectivity index is 1.98. The molecule has 1 heterocycles. The van der Waals surface area contributed by atoms with Gasteiger partial charge in [-0.1, -0.05) is 29.8 Å². The van der Waals surface area contributed by atoms with Crippen molar-refractivity contribution in [3.8, 4) is 0 Å². The van der Waals surface area contributed by atoms with Crippen LogP contribution < -0.4 is 5.32 Å². The Morgan fingerprint density at radius 1 is 1.35 bits per heavy atom. The summed E-state index contributed by atoms with van der Waals surface area (Å²) in [7, 11) is 0. The van der Waals surface area contributed by atoms with Gasteiger partial charge in [0.15, 0.2) is 0 Å². The smallest absolute Gasteiger partial charge is 0.0476 e. The number of rotatable bonds is 6. The molecule has 0 atom stereocenters. The first-order valence-corrected chi connectivity index (χ1v) is 9.06. The molecule has 0 spiro atoms. The van der Waals surface area contributed by atoms with Gasteiger partial charge in [-0.15, -0.1) is 11.8 Å². The van der Waals surface area contributed by atoms with E-state index in [4.69, 9.17) is 4.74 Å². The van der Waals surface area contributed by atoms with Gasteiger partial charge in [-0.05, 0) is 49.1 Å². The molecule has 2 rings (SSSR count). The molecule has 0 aliphatic carbocycles. The van der Waals surface area contributed by atoms with Crippen LogP contribution in [0.1, 0.15) is 32.3 Å². The van der Waals surface area contributed by atoms with Gasteiger partial charge in [0.2, 0.25) is 0 Å². The number of thioether (sulfide) groups is 1. The van der Waals surface area contributed by atoms with Crippen molar-refractivity contribution in [1.29, 1.82) is 0 Å². The van der Waals surface area contributed by atoms with Crippen molar-refractivity contribution in [2.24, 2.45) is 5.92 Å². The molecule has 4 heteroatoms. The second-order valence-corrected chi connectivity index (χ2v) is 7.96. The number of nitrogens with one attached hydrogen (secondary N) is 1. The van der Waals surface area contributed by atoms with Gasteiger partial charge < -0.3 is 10.1 Å². The molecule has 1 aromatic rings. The number of hydrogen-bond acceptors (Lipinski definition) is 3. The Hall–Kier alpha value is -0.0300. The van der Waals surface area contributed by atoms with Crippen molar-refractivity contribution in [3.05, 3.63) is 28.2 Å². The van der Waals surface area contributed by atoms with Crippen molar-refractivity contribution in [2.45, 2.75) is 43.4 Å². The molecule has 0 unspecified atom stereocenters. The Labute approximate surface area is 135 Å². The monoisotopic (exact) mass is 357 g/mol. The fraction of sp³-hybridized carbons (Fsp3) is 0.625. The van der Waals surface area contributed by atoms with E-state index >= 15 is 0 Å². The van der Waals surface area contributed by atoms with Crippen molar-refractivity contribution in [3.63, 3.8) is 0 Å². The molecule has 1 aliphatic heterocycles. The lowest BCUT2D eigenvalue weighted by Gasteiger charge is -2.23. The van der Waals surface area contributed by atoms with Gasteiger partial charge >= 0.3 is 0 Å². The number of ether oxygens (including phenoxy) is 1. The van der Waals surface area contributed by atoms with Crippen LogP contribution in [0.25, 0.3) is 0 Å². The zero-order valence-corrected chi connectivity index (χ0v) is 14.7. The molecule has 0 radical (unpaired) electrons. The largest absolute Gasteiger partial charge is 0.381 e. The molecule has 0 amide bonds. The first-order valence-electron chi connectivity index (χ1n) is 7.38. The lowest BCUT2D eigenvalue weighted by atomic mass is 10.2. The highest BCUT2D eigenvalue weighted by atomic mass is 79.9. The standard InChI is InChI=1S/C16H24BrNOS/c1-12(2)10-18-11-13-9-14(17)3-4-16(13)20-15-5-7-19-8-6-15/h3-4,9,12,15,18H,5-8,10-11H2,1-2H3. The molecule has 20 heavy (non-hydrogen) atoms. The Morgan fingerprint density at radius 2 is 2.10 bits per heavy atom. The summed E-state index contributed by atoms with van der Waals surface area (Å²) in [5.74, 6) is 0.689. The zero-order chi connectivity index (χ0) is 14.4. The van der Waals surface area contributed by atoms with Crippen LogP contribution >= 0.6 is 27.7 Å². The van der Waals surface area contributed by atoms with Gasteiger partial charge in [0.25, 0.3) is 0 Å². The Morgan fingerprint density at radius 3 is 2.80 bits per heavy atom. The summed E-state index contributed by atoms with van der Waals surface area (Å²) in [5, 5.41) is 4.25. The van der Waals surface area contributed by atoms with Gasteiger partial charge in [0, 0.05) is 34.4 Å². The van der Waals surface area contributed by atoms with Crippen LogP contribution in [0.2, 0.25) is 0 Å². The van der Waals surface area contributed by atoms with Crippen LogP contribution in [-0.2, 0) is 11.3 Å². The fourth-order valence-electron chi connectivity index (χ4n) is 2.27. The predicted molar refractivity (Wildman–Crippen MR) is 90.4 cm³/mol. The third kappa shape index (κ3) is 5.40.